The van der Waals surface area contributed by atoms with Crippen LogP contribution in [0.25, 0.3) is 0 Å². The summed E-state index contributed by atoms with van der Waals surface area (Å²) in [4.78, 5) is 0. The number of benzene rings is 2. The lowest BCUT2D eigenvalue weighted by Gasteiger charge is -2.12. The number of anilines is 1. The van der Waals surface area contributed by atoms with E-state index >= 15 is 0 Å². The van der Waals surface area contributed by atoms with Crippen LogP contribution in [-0.4, -0.2) is 20.5 Å². The molecule has 1 aliphatic rings. The van der Waals surface area contributed by atoms with Crippen LogP contribution < -0.4 is 24.3 Å². The lowest BCUT2D eigenvalue weighted by atomic mass is 10.2. The molecule has 0 saturated carbocycles. The van der Waals surface area contributed by atoms with Crippen LogP contribution in [0.5, 0.6) is 23.0 Å². The lowest BCUT2D eigenvalue weighted by molar-refractivity contribution is 0.174. The summed E-state index contributed by atoms with van der Waals surface area (Å²) in [5, 5.41) is 3.37. The molecule has 2 aromatic rings. The van der Waals surface area contributed by atoms with E-state index in [1.165, 1.54) is 0 Å². The van der Waals surface area contributed by atoms with Gasteiger partial charge in [0.1, 0.15) is 0 Å². The van der Waals surface area contributed by atoms with E-state index in [2.05, 4.69) is 5.32 Å². The smallest absolute Gasteiger partial charge is 0.231 e. The van der Waals surface area contributed by atoms with Gasteiger partial charge in [0.15, 0.2) is 23.0 Å². The fourth-order valence-electron chi connectivity index (χ4n) is 2.31. The fourth-order valence-corrected chi connectivity index (χ4v) is 2.31. The van der Waals surface area contributed by atoms with Crippen molar-refractivity contribution in [1.82, 2.24) is 0 Å². The number of hydrogen-bond donors (Lipinski definition) is 1. The van der Waals surface area contributed by atoms with E-state index in [9.17, 15) is 0 Å². The molecule has 1 aliphatic heterocycles. The molecule has 5 nitrogen and oxygen atoms in total. The first-order valence-corrected chi connectivity index (χ1v) is 7.23. The van der Waals surface area contributed by atoms with Gasteiger partial charge in [-0.3, -0.25) is 0 Å². The topological polar surface area (TPSA) is 49.0 Å². The van der Waals surface area contributed by atoms with Crippen LogP contribution in [-0.2, 0) is 6.54 Å². The summed E-state index contributed by atoms with van der Waals surface area (Å²) < 4.78 is 21.6. The van der Waals surface area contributed by atoms with Gasteiger partial charge in [-0.2, -0.15) is 0 Å². The predicted octanol–water partition coefficient (Wildman–Crippen LogP) is 3.43. The molecule has 0 amide bonds. The molecule has 2 aromatic carbocycles. The highest BCUT2D eigenvalue weighted by molar-refractivity contribution is 5.56. The highest BCUT2D eigenvalue weighted by Crippen LogP contribution is 2.34. The Kier molecular flexibility index (Phi) is 4.23. The first-order valence-electron chi connectivity index (χ1n) is 7.23. The van der Waals surface area contributed by atoms with Crippen molar-refractivity contribution in [3.63, 3.8) is 0 Å². The number of ether oxygens (including phenoxy) is 4. The van der Waals surface area contributed by atoms with E-state index in [1.54, 1.807) is 7.11 Å². The van der Waals surface area contributed by atoms with Gasteiger partial charge in [0.05, 0.1) is 13.7 Å². The average Bonchev–Trinajstić information content (AvgIpc) is 3.01. The molecule has 1 N–H and O–H groups in total. The summed E-state index contributed by atoms with van der Waals surface area (Å²) in [6.45, 7) is 3.53. The van der Waals surface area contributed by atoms with Gasteiger partial charge >= 0.3 is 0 Å². The molecule has 0 atom stereocenters. The summed E-state index contributed by atoms with van der Waals surface area (Å²) in [6.07, 6.45) is 0. The van der Waals surface area contributed by atoms with Crippen molar-refractivity contribution in [1.29, 1.82) is 0 Å². The van der Waals surface area contributed by atoms with Crippen molar-refractivity contribution >= 4 is 5.69 Å². The van der Waals surface area contributed by atoms with Crippen molar-refractivity contribution in [2.24, 2.45) is 0 Å². The predicted molar refractivity (Wildman–Crippen MR) is 84.1 cm³/mol. The molecule has 3 rings (SSSR count). The van der Waals surface area contributed by atoms with Crippen LogP contribution in [0.15, 0.2) is 36.4 Å². The number of nitrogens with one attached hydrogen (secondary N) is 1. The summed E-state index contributed by atoms with van der Waals surface area (Å²) in [5.41, 5.74) is 2.10. The minimum atomic E-state index is 0.287. The molecule has 0 aromatic heterocycles. The normalized spacial score (nSPS) is 12.1. The largest absolute Gasteiger partial charge is 0.493 e. The van der Waals surface area contributed by atoms with Crippen molar-refractivity contribution in [3.05, 3.63) is 42.0 Å². The summed E-state index contributed by atoms with van der Waals surface area (Å²) in [5.74, 6) is 3.06. The maximum Gasteiger partial charge on any atom is 0.231 e. The van der Waals surface area contributed by atoms with Crippen LogP contribution in [0, 0.1) is 0 Å². The van der Waals surface area contributed by atoms with Crippen molar-refractivity contribution in [2.45, 2.75) is 13.5 Å². The van der Waals surface area contributed by atoms with Crippen LogP contribution in [0.2, 0.25) is 0 Å². The quantitative estimate of drug-likeness (QED) is 0.885. The van der Waals surface area contributed by atoms with E-state index in [-0.39, 0.29) is 6.79 Å². The Labute approximate surface area is 129 Å². The maximum absolute atomic E-state index is 5.59. The number of hydrogen-bond acceptors (Lipinski definition) is 5. The third-order valence-electron chi connectivity index (χ3n) is 3.40. The number of rotatable bonds is 6. The van der Waals surface area contributed by atoms with Crippen LogP contribution in [0.3, 0.4) is 0 Å². The first kappa shape index (κ1) is 14.4. The highest BCUT2D eigenvalue weighted by atomic mass is 16.7. The Bertz CT molecular complexity index is 657. The summed E-state index contributed by atoms with van der Waals surface area (Å²) in [6, 6.07) is 11.7. The van der Waals surface area contributed by atoms with E-state index in [0.717, 1.165) is 34.2 Å². The highest BCUT2D eigenvalue weighted by Gasteiger charge is 2.13. The monoisotopic (exact) mass is 301 g/mol. The minimum absolute atomic E-state index is 0.287. The Morgan fingerprint density at radius 1 is 1.05 bits per heavy atom. The second kappa shape index (κ2) is 6.47. The van der Waals surface area contributed by atoms with Crippen LogP contribution in [0.1, 0.15) is 12.5 Å². The van der Waals surface area contributed by atoms with Gasteiger partial charge in [-0.25, -0.2) is 0 Å². The standard InChI is InChI=1S/C17H19NO4/c1-3-20-16-8-12(4-6-14(16)19-2)10-18-13-5-7-15-17(9-13)22-11-21-15/h4-9,18H,3,10-11H2,1-2H3. The Morgan fingerprint density at radius 2 is 1.91 bits per heavy atom. The van der Waals surface area contributed by atoms with E-state index in [1.807, 2.05) is 43.3 Å². The molecule has 5 heteroatoms. The van der Waals surface area contributed by atoms with Gasteiger partial charge in [-0.1, -0.05) is 6.07 Å². The van der Waals surface area contributed by atoms with Gasteiger partial charge in [-0.15, -0.1) is 0 Å². The molecule has 0 radical (unpaired) electrons. The molecular weight excluding hydrogens is 282 g/mol. The molecule has 0 fully saturated rings. The average molecular weight is 301 g/mol. The zero-order chi connectivity index (χ0) is 15.4. The third-order valence-corrected chi connectivity index (χ3v) is 3.40. The summed E-state index contributed by atoms with van der Waals surface area (Å²) >= 11 is 0. The molecule has 0 unspecified atom stereocenters. The second-order valence-electron chi connectivity index (χ2n) is 4.84. The lowest BCUT2D eigenvalue weighted by Crippen LogP contribution is -2.01. The molecule has 1 heterocycles. The molecule has 22 heavy (non-hydrogen) atoms. The molecule has 116 valence electrons. The van der Waals surface area contributed by atoms with Gasteiger partial charge in [0.25, 0.3) is 0 Å². The maximum atomic E-state index is 5.59. The van der Waals surface area contributed by atoms with Gasteiger partial charge in [0.2, 0.25) is 6.79 Å². The van der Waals surface area contributed by atoms with E-state index in [0.29, 0.717) is 13.2 Å². The fraction of sp³-hybridized carbons (Fsp3) is 0.294. The Balaban J connectivity index is 1.69. The van der Waals surface area contributed by atoms with Gasteiger partial charge in [-0.05, 0) is 36.8 Å². The zero-order valence-corrected chi connectivity index (χ0v) is 12.7. The minimum Gasteiger partial charge on any atom is -0.493 e. The number of methoxy groups -OCH3 is 1. The molecular formula is C17H19NO4. The van der Waals surface area contributed by atoms with Crippen molar-refractivity contribution in [2.75, 3.05) is 25.8 Å². The SMILES string of the molecule is CCOc1cc(CNc2ccc3c(c2)OCO3)ccc1OC. The van der Waals surface area contributed by atoms with Crippen molar-refractivity contribution < 1.29 is 18.9 Å². The van der Waals surface area contributed by atoms with Crippen molar-refractivity contribution in [3.8, 4) is 23.0 Å². The molecule has 0 aliphatic carbocycles. The van der Waals surface area contributed by atoms with Gasteiger partial charge < -0.3 is 24.3 Å². The molecule has 0 bridgehead atoms. The molecule has 0 saturated heterocycles. The van der Waals surface area contributed by atoms with Gasteiger partial charge in [0, 0.05) is 18.3 Å². The number of fused-ring (bicyclic) bond motifs is 1. The first-order chi connectivity index (χ1) is 10.8. The molecule has 0 spiro atoms. The Morgan fingerprint density at radius 3 is 2.73 bits per heavy atom. The van der Waals surface area contributed by atoms with Crippen LogP contribution >= 0.6 is 0 Å². The van der Waals surface area contributed by atoms with E-state index in [4.69, 9.17) is 18.9 Å². The second-order valence-corrected chi connectivity index (χ2v) is 4.84. The van der Waals surface area contributed by atoms with E-state index < -0.39 is 0 Å². The zero-order valence-electron chi connectivity index (χ0n) is 12.7. The third kappa shape index (κ3) is 3.03. The summed E-state index contributed by atoms with van der Waals surface area (Å²) in [7, 11) is 1.64. The Hall–Kier alpha value is -2.56. The van der Waals surface area contributed by atoms with Crippen LogP contribution in [0.4, 0.5) is 5.69 Å².